The van der Waals surface area contributed by atoms with Gasteiger partial charge in [0.15, 0.2) is 0 Å². The zero-order valence-corrected chi connectivity index (χ0v) is 15.0. The third-order valence-corrected chi connectivity index (χ3v) is 6.30. The number of rotatable bonds is 5. The molecule has 0 fully saturated rings. The van der Waals surface area contributed by atoms with E-state index in [4.69, 9.17) is 5.73 Å². The zero-order valence-electron chi connectivity index (χ0n) is 13.3. The lowest BCUT2D eigenvalue weighted by molar-refractivity contribution is -0.118. The van der Waals surface area contributed by atoms with Crippen LogP contribution in [0.5, 0.6) is 0 Å². The number of imide groups is 1. The summed E-state index contributed by atoms with van der Waals surface area (Å²) in [5.74, 6) is -0.851. The first-order valence-electron chi connectivity index (χ1n) is 7.40. The number of benzene rings is 2. The molecule has 0 spiro atoms. The van der Waals surface area contributed by atoms with Gasteiger partial charge in [-0.25, -0.2) is 22.5 Å². The molecule has 0 saturated heterocycles. The summed E-state index contributed by atoms with van der Waals surface area (Å²) in [4.78, 5) is 27.2. The fourth-order valence-corrected chi connectivity index (χ4v) is 4.82. The van der Waals surface area contributed by atoms with Crippen LogP contribution in [0.3, 0.4) is 0 Å². The summed E-state index contributed by atoms with van der Waals surface area (Å²) in [6, 6.07) is 13.7. The van der Waals surface area contributed by atoms with E-state index in [2.05, 4.69) is 4.98 Å². The van der Waals surface area contributed by atoms with Crippen molar-refractivity contribution in [2.24, 2.45) is 5.73 Å². The first-order valence-corrected chi connectivity index (χ1v) is 9.66. The number of para-hydroxylation sites is 1. The van der Waals surface area contributed by atoms with E-state index in [0.717, 1.165) is 20.3 Å². The van der Waals surface area contributed by atoms with E-state index in [0.29, 0.717) is 5.52 Å². The van der Waals surface area contributed by atoms with Crippen molar-refractivity contribution in [3.63, 3.8) is 0 Å². The highest BCUT2D eigenvalue weighted by atomic mass is 32.2. The number of anilines is 1. The van der Waals surface area contributed by atoms with Crippen molar-refractivity contribution in [1.29, 1.82) is 0 Å². The molecule has 10 heteroatoms. The first-order chi connectivity index (χ1) is 12.4. The molecule has 3 N–H and O–H groups in total. The summed E-state index contributed by atoms with van der Waals surface area (Å²) in [5.41, 5.74) is 5.54. The maximum absolute atomic E-state index is 13.0. The van der Waals surface area contributed by atoms with Crippen LogP contribution in [0.4, 0.5) is 9.93 Å². The van der Waals surface area contributed by atoms with Crippen molar-refractivity contribution in [3.8, 4) is 0 Å². The van der Waals surface area contributed by atoms with Crippen LogP contribution in [-0.2, 0) is 14.8 Å². The molecule has 3 aromatic rings. The zero-order chi connectivity index (χ0) is 18.7. The number of nitrogens with zero attached hydrogens (tertiary/aromatic N) is 2. The number of nitrogens with two attached hydrogens (primary N) is 1. The van der Waals surface area contributed by atoms with E-state index in [9.17, 15) is 18.0 Å². The number of primary amides is 1. The second-order valence-corrected chi connectivity index (χ2v) is 8.07. The highest BCUT2D eigenvalue weighted by molar-refractivity contribution is 7.93. The highest BCUT2D eigenvalue weighted by Crippen LogP contribution is 2.31. The normalized spacial score (nSPS) is 11.2. The van der Waals surface area contributed by atoms with E-state index in [1.165, 1.54) is 12.1 Å². The van der Waals surface area contributed by atoms with Crippen LogP contribution in [0.25, 0.3) is 10.2 Å². The van der Waals surface area contributed by atoms with Crippen molar-refractivity contribution >= 4 is 48.6 Å². The Morgan fingerprint density at radius 1 is 1.08 bits per heavy atom. The molecule has 0 bridgehead atoms. The van der Waals surface area contributed by atoms with Gasteiger partial charge in [0.1, 0.15) is 6.54 Å². The molecule has 2 aromatic carbocycles. The average molecular weight is 390 g/mol. The Bertz CT molecular complexity index is 1030. The van der Waals surface area contributed by atoms with E-state index in [1.54, 1.807) is 42.5 Å². The van der Waals surface area contributed by atoms with E-state index in [1.807, 2.05) is 5.32 Å². The smallest absolute Gasteiger partial charge is 0.318 e. The fourth-order valence-electron chi connectivity index (χ4n) is 2.25. The predicted molar refractivity (Wildman–Crippen MR) is 98.3 cm³/mol. The van der Waals surface area contributed by atoms with Gasteiger partial charge in [0, 0.05) is 0 Å². The molecule has 134 valence electrons. The molecule has 26 heavy (non-hydrogen) atoms. The Morgan fingerprint density at radius 3 is 2.38 bits per heavy atom. The van der Waals surface area contributed by atoms with Gasteiger partial charge in [-0.15, -0.1) is 0 Å². The summed E-state index contributed by atoms with van der Waals surface area (Å²) in [6.45, 7) is -0.625. The van der Waals surface area contributed by atoms with E-state index >= 15 is 0 Å². The second-order valence-electron chi connectivity index (χ2n) is 5.20. The van der Waals surface area contributed by atoms with Crippen LogP contribution in [0, 0.1) is 0 Å². The Labute approximate surface area is 153 Å². The molecular weight excluding hydrogens is 376 g/mol. The molecule has 0 unspecified atom stereocenters. The van der Waals surface area contributed by atoms with Crippen LogP contribution in [0.2, 0.25) is 0 Å². The summed E-state index contributed by atoms with van der Waals surface area (Å²) in [7, 11) is -4.06. The minimum absolute atomic E-state index is 0.00568. The topological polar surface area (TPSA) is 122 Å². The lowest BCUT2D eigenvalue weighted by Crippen LogP contribution is -2.44. The summed E-state index contributed by atoms with van der Waals surface area (Å²) in [6.07, 6.45) is 0. The van der Waals surface area contributed by atoms with Gasteiger partial charge in [-0.1, -0.05) is 41.7 Å². The lowest BCUT2D eigenvalue weighted by atomic mass is 10.3. The Morgan fingerprint density at radius 2 is 1.73 bits per heavy atom. The van der Waals surface area contributed by atoms with E-state index in [-0.39, 0.29) is 10.0 Å². The van der Waals surface area contributed by atoms with Crippen LogP contribution >= 0.6 is 11.3 Å². The number of urea groups is 1. The molecule has 0 radical (unpaired) electrons. The minimum Gasteiger partial charge on any atom is -0.351 e. The molecule has 0 aliphatic rings. The maximum atomic E-state index is 13.0. The van der Waals surface area contributed by atoms with Crippen LogP contribution in [0.15, 0.2) is 59.5 Å². The van der Waals surface area contributed by atoms with Gasteiger partial charge in [0.2, 0.25) is 11.0 Å². The van der Waals surface area contributed by atoms with Gasteiger partial charge in [-0.05, 0) is 24.3 Å². The molecule has 1 heterocycles. The molecular formula is C16H14N4O4S2. The number of aromatic nitrogens is 1. The van der Waals surface area contributed by atoms with Crippen LogP contribution in [0.1, 0.15) is 0 Å². The summed E-state index contributed by atoms with van der Waals surface area (Å²) in [5, 5.41) is 1.99. The van der Waals surface area contributed by atoms with Gasteiger partial charge in [-0.3, -0.25) is 10.1 Å². The summed E-state index contributed by atoms with van der Waals surface area (Å²) < 4.78 is 27.7. The number of sulfonamides is 1. The monoisotopic (exact) mass is 390 g/mol. The Balaban J connectivity index is 2.07. The first kappa shape index (κ1) is 17.8. The predicted octanol–water partition coefficient (Wildman–Crippen LogP) is 1.69. The second kappa shape index (κ2) is 7.10. The van der Waals surface area contributed by atoms with Gasteiger partial charge < -0.3 is 5.73 Å². The molecule has 3 amide bonds. The summed E-state index contributed by atoms with van der Waals surface area (Å²) >= 11 is 1.13. The molecule has 1 aromatic heterocycles. The number of fused-ring (bicyclic) bond motifs is 1. The van der Waals surface area contributed by atoms with Crippen LogP contribution in [-0.4, -0.2) is 31.9 Å². The Hall–Kier alpha value is -2.98. The Kier molecular flexibility index (Phi) is 4.87. The number of carbonyl (C=O) groups excluding carboxylic acids is 2. The number of hydrogen-bond acceptors (Lipinski definition) is 6. The number of carbonyl (C=O) groups is 2. The van der Waals surface area contributed by atoms with Crippen molar-refractivity contribution in [1.82, 2.24) is 10.3 Å². The van der Waals surface area contributed by atoms with Crippen molar-refractivity contribution in [3.05, 3.63) is 54.6 Å². The number of nitrogens with one attached hydrogen (secondary N) is 1. The number of thiazole rings is 1. The lowest BCUT2D eigenvalue weighted by Gasteiger charge is -2.20. The highest BCUT2D eigenvalue weighted by Gasteiger charge is 2.29. The fraction of sp³-hybridized carbons (Fsp3) is 0.0625. The average Bonchev–Trinajstić information content (AvgIpc) is 3.03. The van der Waals surface area contributed by atoms with Crippen molar-refractivity contribution in [2.75, 3.05) is 10.8 Å². The standard InChI is InChI=1S/C16H14N4O4S2/c17-15(22)19-14(21)10-20(26(23,24)11-6-2-1-3-7-11)16-18-12-8-4-5-9-13(12)25-16/h1-9H,10H2,(H3,17,19,21,22). The molecule has 0 saturated carbocycles. The van der Waals surface area contributed by atoms with Crippen molar-refractivity contribution in [2.45, 2.75) is 4.90 Å². The van der Waals surface area contributed by atoms with Gasteiger partial charge in [0.05, 0.1) is 15.1 Å². The maximum Gasteiger partial charge on any atom is 0.318 e. The largest absolute Gasteiger partial charge is 0.351 e. The van der Waals surface area contributed by atoms with Gasteiger partial charge >= 0.3 is 6.03 Å². The molecule has 0 aliphatic heterocycles. The molecule has 0 atom stereocenters. The third kappa shape index (κ3) is 3.65. The SMILES string of the molecule is NC(=O)NC(=O)CN(c1nc2ccccc2s1)S(=O)(=O)c1ccccc1. The quantitative estimate of drug-likeness (QED) is 0.686. The van der Waals surface area contributed by atoms with E-state index < -0.39 is 28.5 Å². The number of hydrogen-bond donors (Lipinski definition) is 2. The molecule has 8 nitrogen and oxygen atoms in total. The minimum atomic E-state index is -4.06. The molecule has 3 rings (SSSR count). The van der Waals surface area contributed by atoms with Gasteiger partial charge in [0.25, 0.3) is 10.0 Å². The van der Waals surface area contributed by atoms with Crippen molar-refractivity contribution < 1.29 is 18.0 Å². The van der Waals surface area contributed by atoms with Crippen LogP contribution < -0.4 is 15.4 Å². The third-order valence-electron chi connectivity index (χ3n) is 3.38. The molecule has 0 aliphatic carbocycles. The number of amides is 3. The van der Waals surface area contributed by atoms with Gasteiger partial charge in [-0.2, -0.15) is 0 Å².